The van der Waals surface area contributed by atoms with Gasteiger partial charge in [-0.05, 0) is 24.5 Å². The number of aromatic nitrogens is 1. The van der Waals surface area contributed by atoms with Crippen molar-refractivity contribution in [3.63, 3.8) is 0 Å². The smallest absolute Gasteiger partial charge is 0.129 e. The Morgan fingerprint density at radius 3 is 2.60 bits per heavy atom. The van der Waals surface area contributed by atoms with E-state index in [-0.39, 0.29) is 0 Å². The number of nitrogens with zero attached hydrogens (tertiary/aromatic N) is 1. The van der Waals surface area contributed by atoms with Gasteiger partial charge in [0.2, 0.25) is 0 Å². The van der Waals surface area contributed by atoms with Crippen LogP contribution in [-0.4, -0.2) is 11.2 Å². The Bertz CT molecular complexity index is 471. The van der Waals surface area contributed by atoms with Gasteiger partial charge >= 0.3 is 0 Å². The van der Waals surface area contributed by atoms with Crippen LogP contribution < -0.4 is 0 Å². The Hall–Kier alpha value is -0.990. The summed E-state index contributed by atoms with van der Waals surface area (Å²) < 4.78 is 0. The maximum atomic E-state index is 5.87. The van der Waals surface area contributed by atoms with E-state index in [0.29, 0.717) is 5.15 Å². The maximum Gasteiger partial charge on any atom is 0.129 e. The summed E-state index contributed by atoms with van der Waals surface area (Å²) in [4.78, 5) is 5.52. The van der Waals surface area contributed by atoms with E-state index in [9.17, 15) is 0 Å². The van der Waals surface area contributed by atoms with Gasteiger partial charge in [0.15, 0.2) is 0 Å². The molecule has 0 bridgehead atoms. The second-order valence-corrected chi connectivity index (χ2v) is 4.28. The molecule has 0 aliphatic rings. The van der Waals surface area contributed by atoms with Crippen LogP contribution in [0.15, 0.2) is 47.4 Å². The standard InChI is InChI=1S/C12H10ClNS/c1-15-11-7-3-2-5-9(11)10-6-4-8-12(13)14-10/h2-8H,1H3. The van der Waals surface area contributed by atoms with E-state index in [1.807, 2.05) is 24.3 Å². The van der Waals surface area contributed by atoms with Crippen molar-refractivity contribution in [1.82, 2.24) is 4.98 Å². The predicted molar refractivity (Wildman–Crippen MR) is 66.5 cm³/mol. The summed E-state index contributed by atoms with van der Waals surface area (Å²) >= 11 is 7.59. The van der Waals surface area contributed by atoms with Gasteiger partial charge in [0.05, 0.1) is 5.69 Å². The number of halogens is 1. The van der Waals surface area contributed by atoms with Gasteiger partial charge in [-0.3, -0.25) is 0 Å². The third-order valence-electron chi connectivity index (χ3n) is 2.10. The summed E-state index contributed by atoms with van der Waals surface area (Å²) in [5, 5.41) is 0.531. The van der Waals surface area contributed by atoms with Crippen molar-refractivity contribution >= 4 is 23.4 Å². The van der Waals surface area contributed by atoms with Gasteiger partial charge in [0.1, 0.15) is 5.15 Å². The molecule has 0 saturated heterocycles. The van der Waals surface area contributed by atoms with E-state index in [1.54, 1.807) is 17.8 Å². The summed E-state index contributed by atoms with van der Waals surface area (Å²) in [7, 11) is 0. The van der Waals surface area contributed by atoms with Gasteiger partial charge in [0, 0.05) is 10.5 Å². The van der Waals surface area contributed by atoms with Crippen molar-refractivity contribution in [2.75, 3.05) is 6.26 Å². The molecule has 76 valence electrons. The molecule has 0 spiro atoms. The number of thioether (sulfide) groups is 1. The van der Waals surface area contributed by atoms with E-state index in [2.05, 4.69) is 23.4 Å². The largest absolute Gasteiger partial charge is 0.236 e. The number of hydrogen-bond donors (Lipinski definition) is 0. The van der Waals surface area contributed by atoms with E-state index in [0.717, 1.165) is 11.3 Å². The highest BCUT2D eigenvalue weighted by atomic mass is 35.5. The van der Waals surface area contributed by atoms with E-state index < -0.39 is 0 Å². The average molecular weight is 236 g/mol. The van der Waals surface area contributed by atoms with Gasteiger partial charge in [-0.25, -0.2) is 4.98 Å². The van der Waals surface area contributed by atoms with Crippen molar-refractivity contribution < 1.29 is 0 Å². The maximum absolute atomic E-state index is 5.87. The van der Waals surface area contributed by atoms with Crippen LogP contribution in [-0.2, 0) is 0 Å². The van der Waals surface area contributed by atoms with Crippen molar-refractivity contribution in [3.8, 4) is 11.3 Å². The second-order valence-electron chi connectivity index (χ2n) is 3.05. The first kappa shape index (κ1) is 10.5. The summed E-state index contributed by atoms with van der Waals surface area (Å²) in [5.74, 6) is 0. The fourth-order valence-electron chi connectivity index (χ4n) is 1.41. The molecule has 1 aromatic heterocycles. The molecule has 2 rings (SSSR count). The molecule has 0 atom stereocenters. The van der Waals surface area contributed by atoms with Gasteiger partial charge in [0.25, 0.3) is 0 Å². The second kappa shape index (κ2) is 4.69. The van der Waals surface area contributed by atoms with Gasteiger partial charge in [-0.15, -0.1) is 11.8 Å². The van der Waals surface area contributed by atoms with Gasteiger partial charge in [-0.2, -0.15) is 0 Å². The third kappa shape index (κ3) is 2.33. The molecule has 1 nitrogen and oxygen atoms in total. The number of hydrogen-bond acceptors (Lipinski definition) is 2. The molecule has 0 radical (unpaired) electrons. The number of rotatable bonds is 2. The Morgan fingerprint density at radius 1 is 1.07 bits per heavy atom. The van der Waals surface area contributed by atoms with Crippen LogP contribution in [0.2, 0.25) is 5.15 Å². The molecule has 0 aliphatic carbocycles. The van der Waals surface area contributed by atoms with E-state index in [1.165, 1.54) is 4.90 Å². The SMILES string of the molecule is CSc1ccccc1-c1cccc(Cl)n1. The van der Waals surface area contributed by atoms with Gasteiger partial charge < -0.3 is 0 Å². The van der Waals surface area contributed by atoms with Crippen LogP contribution >= 0.6 is 23.4 Å². The molecular formula is C12H10ClNS. The van der Waals surface area contributed by atoms with Crippen LogP contribution in [0.4, 0.5) is 0 Å². The molecule has 15 heavy (non-hydrogen) atoms. The lowest BCUT2D eigenvalue weighted by Gasteiger charge is -2.06. The molecule has 0 saturated carbocycles. The molecule has 0 amide bonds. The number of pyridine rings is 1. The Morgan fingerprint density at radius 2 is 1.87 bits per heavy atom. The van der Waals surface area contributed by atoms with Crippen molar-refractivity contribution in [2.45, 2.75) is 4.90 Å². The first-order chi connectivity index (χ1) is 7.31. The molecule has 0 fully saturated rings. The van der Waals surface area contributed by atoms with Crippen LogP contribution in [0.3, 0.4) is 0 Å². The zero-order valence-electron chi connectivity index (χ0n) is 8.27. The minimum absolute atomic E-state index is 0.531. The molecule has 3 heteroatoms. The first-order valence-electron chi connectivity index (χ1n) is 4.57. The highest BCUT2D eigenvalue weighted by Gasteiger charge is 2.04. The van der Waals surface area contributed by atoms with Crippen LogP contribution in [0, 0.1) is 0 Å². The van der Waals surface area contributed by atoms with E-state index >= 15 is 0 Å². The molecule has 0 aliphatic heterocycles. The van der Waals surface area contributed by atoms with Crippen LogP contribution in [0.25, 0.3) is 11.3 Å². The third-order valence-corrected chi connectivity index (χ3v) is 3.10. The molecule has 2 aromatic rings. The van der Waals surface area contributed by atoms with Gasteiger partial charge in [-0.1, -0.05) is 35.9 Å². The normalized spacial score (nSPS) is 10.3. The molecule has 0 N–H and O–H groups in total. The lowest BCUT2D eigenvalue weighted by Crippen LogP contribution is -1.85. The molecular weight excluding hydrogens is 226 g/mol. The summed E-state index contributed by atoms with van der Waals surface area (Å²) in [6.45, 7) is 0. The topological polar surface area (TPSA) is 12.9 Å². The molecule has 0 unspecified atom stereocenters. The highest BCUT2D eigenvalue weighted by Crippen LogP contribution is 2.29. The summed E-state index contributed by atoms with van der Waals surface area (Å²) in [6.07, 6.45) is 2.06. The van der Waals surface area contributed by atoms with Crippen LogP contribution in [0.1, 0.15) is 0 Å². The fourth-order valence-corrected chi connectivity index (χ4v) is 2.19. The van der Waals surface area contributed by atoms with Crippen molar-refractivity contribution in [2.24, 2.45) is 0 Å². The van der Waals surface area contributed by atoms with E-state index in [4.69, 9.17) is 11.6 Å². The monoisotopic (exact) mass is 235 g/mol. The van der Waals surface area contributed by atoms with Crippen molar-refractivity contribution in [3.05, 3.63) is 47.6 Å². The minimum atomic E-state index is 0.531. The summed E-state index contributed by atoms with van der Waals surface area (Å²) in [6, 6.07) is 13.9. The number of benzene rings is 1. The fraction of sp³-hybridized carbons (Fsp3) is 0.0833. The summed E-state index contributed by atoms with van der Waals surface area (Å²) in [5.41, 5.74) is 2.06. The highest BCUT2D eigenvalue weighted by molar-refractivity contribution is 7.98. The Kier molecular flexibility index (Phi) is 3.29. The quantitative estimate of drug-likeness (QED) is 0.574. The molecule has 1 heterocycles. The lowest BCUT2D eigenvalue weighted by molar-refractivity contribution is 1.29. The zero-order chi connectivity index (χ0) is 10.7. The molecule has 1 aromatic carbocycles. The zero-order valence-corrected chi connectivity index (χ0v) is 9.85. The minimum Gasteiger partial charge on any atom is -0.236 e. The Balaban J connectivity index is 2.53. The lowest BCUT2D eigenvalue weighted by atomic mass is 10.1. The average Bonchev–Trinajstić information content (AvgIpc) is 2.29. The first-order valence-corrected chi connectivity index (χ1v) is 6.17. The Labute approximate surface area is 98.5 Å². The predicted octanol–water partition coefficient (Wildman–Crippen LogP) is 4.12. The van der Waals surface area contributed by atoms with Crippen LogP contribution in [0.5, 0.6) is 0 Å². The van der Waals surface area contributed by atoms with Crippen molar-refractivity contribution in [1.29, 1.82) is 0 Å².